The third-order valence-electron chi connectivity index (χ3n) is 20.7. The summed E-state index contributed by atoms with van der Waals surface area (Å²) in [6, 6.07) is 0. The molecule has 23 nitrogen and oxygen atoms in total. The van der Waals surface area contributed by atoms with E-state index in [1.54, 1.807) is 19.9 Å². The average molecular weight is 1100 g/mol. The summed E-state index contributed by atoms with van der Waals surface area (Å²) in [5.74, 6) is -3.89. The first-order valence-electron chi connectivity index (χ1n) is 27.0. The van der Waals surface area contributed by atoms with Crippen LogP contribution in [0, 0.1) is 50.2 Å². The van der Waals surface area contributed by atoms with E-state index in [-0.39, 0.29) is 11.8 Å². The van der Waals surface area contributed by atoms with Crippen LogP contribution < -0.4 is 0 Å². The number of aliphatic carboxylic acids is 1. The van der Waals surface area contributed by atoms with Crippen molar-refractivity contribution in [2.45, 2.75) is 224 Å². The van der Waals surface area contributed by atoms with Crippen LogP contribution in [0.5, 0.6) is 0 Å². The molecule has 3 heterocycles. The molecule has 0 amide bonds. The summed E-state index contributed by atoms with van der Waals surface area (Å²) >= 11 is 0. The molecule has 0 radical (unpaired) electrons. The van der Waals surface area contributed by atoms with Gasteiger partial charge in [-0.15, -0.1) is 0 Å². The second kappa shape index (κ2) is 21.5. The van der Waals surface area contributed by atoms with E-state index in [1.807, 2.05) is 34.6 Å². The fraction of sp³-hybridized carbons (Fsp3) is 0.870. The molecule has 0 aromatic heterocycles. The van der Waals surface area contributed by atoms with Gasteiger partial charge in [0.1, 0.15) is 79.9 Å². The zero-order valence-electron chi connectivity index (χ0n) is 45.6. The van der Waals surface area contributed by atoms with Crippen LogP contribution in [0.2, 0.25) is 0 Å². The smallest absolute Gasteiger partial charge is 0.335 e. The summed E-state index contributed by atoms with van der Waals surface area (Å²) in [5.41, 5.74) is -4.51. The number of carboxylic acid groups (broad SMARTS) is 1. The Morgan fingerprint density at radius 2 is 1.27 bits per heavy atom. The van der Waals surface area contributed by atoms with E-state index < -0.39 is 193 Å². The second-order valence-corrected chi connectivity index (χ2v) is 25.3. The van der Waals surface area contributed by atoms with Crippen LogP contribution in [0.25, 0.3) is 0 Å². The molecule has 3 aliphatic heterocycles. The van der Waals surface area contributed by atoms with Crippen molar-refractivity contribution in [2.24, 2.45) is 50.2 Å². The largest absolute Gasteiger partial charge is 0.479 e. The number of aliphatic hydroxyl groups is 11. The highest BCUT2D eigenvalue weighted by Crippen LogP contribution is 2.76. The van der Waals surface area contributed by atoms with Crippen molar-refractivity contribution < 1.29 is 114 Å². The predicted molar refractivity (Wildman–Crippen MR) is 263 cm³/mol. The molecule has 0 bridgehead atoms. The lowest BCUT2D eigenvalue weighted by molar-refractivity contribution is -0.386. The minimum absolute atomic E-state index is 0.141. The molecule has 77 heavy (non-hydrogen) atoms. The van der Waals surface area contributed by atoms with Crippen LogP contribution >= 0.6 is 0 Å². The van der Waals surface area contributed by atoms with Gasteiger partial charge in [-0.1, -0.05) is 66.2 Å². The molecule has 23 heteroatoms. The second-order valence-electron chi connectivity index (χ2n) is 25.3. The van der Waals surface area contributed by atoms with Crippen molar-refractivity contribution in [1.29, 1.82) is 0 Å². The first-order valence-corrected chi connectivity index (χ1v) is 27.0. The Kier molecular flexibility index (Phi) is 16.8. The summed E-state index contributed by atoms with van der Waals surface area (Å²) in [7, 11) is 0. The van der Waals surface area contributed by atoms with E-state index in [4.69, 9.17) is 37.9 Å². The summed E-state index contributed by atoms with van der Waals surface area (Å²) in [6.45, 7) is 16.6. The van der Waals surface area contributed by atoms with Crippen LogP contribution in [0.3, 0.4) is 0 Å². The van der Waals surface area contributed by atoms with E-state index in [0.29, 0.717) is 44.1 Å². The zero-order valence-corrected chi connectivity index (χ0v) is 45.6. The first-order chi connectivity index (χ1) is 35.8. The van der Waals surface area contributed by atoms with Crippen LogP contribution in [0.15, 0.2) is 23.3 Å². The quantitative estimate of drug-likeness (QED) is 0.0470. The van der Waals surface area contributed by atoms with Gasteiger partial charge in [0.15, 0.2) is 25.0 Å². The Hall–Kier alpha value is -2.79. The number of hydrogen-bond acceptors (Lipinski definition) is 22. The van der Waals surface area contributed by atoms with Crippen LogP contribution in [0.1, 0.15) is 108 Å². The molecule has 438 valence electrons. The van der Waals surface area contributed by atoms with Gasteiger partial charge in [-0.3, -0.25) is 4.79 Å². The third kappa shape index (κ3) is 9.45. The predicted octanol–water partition coefficient (Wildman–Crippen LogP) is -0.684. The van der Waals surface area contributed by atoms with Crippen LogP contribution in [0.4, 0.5) is 0 Å². The van der Waals surface area contributed by atoms with Crippen molar-refractivity contribution in [3.05, 3.63) is 23.3 Å². The van der Waals surface area contributed by atoms with Gasteiger partial charge in [-0.2, -0.15) is 0 Å². The first kappa shape index (κ1) is 60.3. The maximum absolute atomic E-state index is 13.3. The van der Waals surface area contributed by atoms with E-state index >= 15 is 0 Å². The minimum atomic E-state index is -2.12. The normalized spacial score (nSPS) is 50.2. The number of aliphatic hydroxyl groups excluding tert-OH is 11. The number of fused-ring (bicyclic) bond motifs is 7. The Balaban J connectivity index is 1.13. The van der Waals surface area contributed by atoms with Gasteiger partial charge < -0.3 is 99.2 Å². The molecule has 4 saturated carbocycles. The summed E-state index contributed by atoms with van der Waals surface area (Å²) in [5, 5.41) is 134. The summed E-state index contributed by atoms with van der Waals surface area (Å²) in [4.78, 5) is 38.7. The number of hydrogen-bond donors (Lipinski definition) is 12. The van der Waals surface area contributed by atoms with Gasteiger partial charge in [0.05, 0.1) is 36.9 Å². The molecule has 8 rings (SSSR count). The Morgan fingerprint density at radius 1 is 0.688 bits per heavy atom. The number of ether oxygens (including phenoxy) is 8. The van der Waals surface area contributed by atoms with E-state index in [0.717, 1.165) is 5.57 Å². The van der Waals surface area contributed by atoms with Crippen molar-refractivity contribution in [3.8, 4) is 0 Å². The van der Waals surface area contributed by atoms with Gasteiger partial charge in [0.25, 0.3) is 0 Å². The molecule has 26 atom stereocenters. The topological polar surface area (TPSA) is 368 Å². The number of carbonyl (C=O) groups excluding carboxylic acids is 2. The number of esters is 2. The van der Waals surface area contributed by atoms with Crippen molar-refractivity contribution in [1.82, 2.24) is 0 Å². The molecule has 0 aromatic carbocycles. The molecule has 12 N–H and O–H groups in total. The number of allylic oxidation sites excluding steroid dienone is 2. The molecule has 5 aliphatic carbocycles. The summed E-state index contributed by atoms with van der Waals surface area (Å²) < 4.78 is 48.1. The fourth-order valence-electron chi connectivity index (χ4n) is 16.0. The average Bonchev–Trinajstić information content (AvgIpc) is 3.77. The Morgan fingerprint density at radius 3 is 1.84 bits per heavy atom. The van der Waals surface area contributed by atoms with Crippen LogP contribution in [-0.2, 0) is 52.3 Å². The van der Waals surface area contributed by atoms with Gasteiger partial charge in [-0.05, 0) is 86.4 Å². The molecule has 0 unspecified atom stereocenters. The fourth-order valence-corrected chi connectivity index (χ4v) is 16.0. The third-order valence-corrected chi connectivity index (χ3v) is 20.7. The Labute approximate surface area is 448 Å². The van der Waals surface area contributed by atoms with Crippen molar-refractivity contribution >= 4 is 17.9 Å². The molecule has 8 aliphatic rings. The van der Waals surface area contributed by atoms with E-state index in [1.165, 1.54) is 6.92 Å². The Bertz CT molecular complexity index is 2250. The number of rotatable bonds is 13. The maximum atomic E-state index is 13.3. The number of carbonyl (C=O) groups is 3. The number of carboxylic acids is 1. The van der Waals surface area contributed by atoms with E-state index in [2.05, 4.69) is 19.9 Å². The van der Waals surface area contributed by atoms with Crippen molar-refractivity contribution in [3.63, 3.8) is 0 Å². The summed E-state index contributed by atoms with van der Waals surface area (Å²) in [6.07, 6.45) is -25.6. The molecule has 0 spiro atoms. The standard InChI is InChI=1S/C54H84O23/c1-11-22(2)45(69)77-43-42(66)54(21-70-23(3)57)25(18-49(43,4)5)24-12-13-29-51(8)16-15-30(50(6,7)28(51)14-17-52(29,9)53(24,10)40(64)41(54)65)73-48-39(76-47-35(62)33(60)31(58)26(19-55)71-47)37(36(63)38(75-48)44(67)68)74-46-34(61)32(59)27(20-56)72-46/h11-12,25-43,46-48,55-56,58-66H,13-21H2,1-10H3,(H,67,68)/b22-11+/t25-,26+,27-,28-,29+,30-,31-,32+,33-,34+,35+,36-,37-,38-,39+,40-,41+,42-,43-,46-,47-,48+,51-,52+,53-,54-/m0/s1. The van der Waals surface area contributed by atoms with Crippen molar-refractivity contribution in [2.75, 3.05) is 19.8 Å². The molecule has 3 saturated heterocycles. The lowest BCUT2D eigenvalue weighted by atomic mass is 9.32. The van der Waals surface area contributed by atoms with Gasteiger partial charge in [0, 0.05) is 23.3 Å². The lowest BCUT2D eigenvalue weighted by Gasteiger charge is -2.73. The minimum Gasteiger partial charge on any atom is -0.479 e. The highest BCUT2D eigenvalue weighted by Gasteiger charge is 2.76. The monoisotopic (exact) mass is 1100 g/mol. The lowest BCUT2D eigenvalue weighted by Crippen LogP contribution is -2.76. The van der Waals surface area contributed by atoms with Gasteiger partial charge in [-0.25, -0.2) is 9.59 Å². The highest BCUT2D eigenvalue weighted by molar-refractivity contribution is 5.87. The molecule has 0 aromatic rings. The van der Waals surface area contributed by atoms with Crippen LogP contribution in [-0.4, -0.2) is 216 Å². The molecular weight excluding hydrogens is 1020 g/mol. The highest BCUT2D eigenvalue weighted by atomic mass is 16.8. The zero-order chi connectivity index (χ0) is 57.0. The maximum Gasteiger partial charge on any atom is 0.335 e. The van der Waals surface area contributed by atoms with Gasteiger partial charge >= 0.3 is 17.9 Å². The SMILES string of the molecule is C/C=C(\C)C(=O)O[C@H]1[C@H](O)[C@]2(COC(C)=O)[C@H](O)[C@H](O)[C@]3(C)C(=CC[C@@H]4[C@@]5(C)CC[C@H](O[C@@H]6O[C@H](C(=O)O)[C@@H](O)[C@H](O[C@@H]7O[C@@H](CO)[C@@H](O)[C@H]7O)[C@H]6O[C@@H]6O[C@H](CO)[C@H](O)[C@H](O)[C@H]6O)C(C)(C)[C@@H]5CC[C@]43C)[C@@H]2CC1(C)C. The van der Waals surface area contributed by atoms with Gasteiger partial charge in [0.2, 0.25) is 0 Å². The van der Waals surface area contributed by atoms with E-state index in [9.17, 15) is 75.7 Å². The molecular formula is C54H84O23. The molecule has 7 fully saturated rings.